The van der Waals surface area contributed by atoms with Crippen molar-refractivity contribution < 1.29 is 19.1 Å². The van der Waals surface area contributed by atoms with E-state index in [2.05, 4.69) is 0 Å². The highest BCUT2D eigenvalue weighted by molar-refractivity contribution is 8.03. The van der Waals surface area contributed by atoms with Gasteiger partial charge in [0.2, 0.25) is 5.78 Å². The van der Waals surface area contributed by atoms with Crippen molar-refractivity contribution in [2.75, 3.05) is 18.6 Å². The van der Waals surface area contributed by atoms with E-state index in [0.717, 1.165) is 29.8 Å². The number of esters is 1. The van der Waals surface area contributed by atoms with Crippen molar-refractivity contribution in [1.82, 2.24) is 0 Å². The maximum Gasteiger partial charge on any atom is 0.309 e. The second-order valence-corrected chi connectivity index (χ2v) is 8.88. The summed E-state index contributed by atoms with van der Waals surface area (Å²) in [6.07, 6.45) is 3.75. The number of rotatable bonds is 4. The SMILES string of the molecule is CN1C(=C(C#N)C(=O)COC(=O)C2CC3CCCC(C2)C3=O)Sc2ccccc21. The number of carbonyl (C=O) groups excluding carboxylic acids is 3. The van der Waals surface area contributed by atoms with E-state index >= 15 is 0 Å². The van der Waals surface area contributed by atoms with Crippen LogP contribution in [0, 0.1) is 29.1 Å². The highest BCUT2D eigenvalue weighted by Gasteiger charge is 2.42. The number of thioether (sulfide) groups is 1. The fourth-order valence-corrected chi connectivity index (χ4v) is 5.71. The summed E-state index contributed by atoms with van der Waals surface area (Å²) in [6.45, 7) is -0.449. The summed E-state index contributed by atoms with van der Waals surface area (Å²) in [4.78, 5) is 40.1. The molecule has 150 valence electrons. The number of fused-ring (bicyclic) bond motifs is 3. The van der Waals surface area contributed by atoms with E-state index in [1.165, 1.54) is 11.8 Å². The molecule has 0 spiro atoms. The summed E-state index contributed by atoms with van der Waals surface area (Å²) < 4.78 is 5.29. The maximum atomic E-state index is 12.6. The van der Waals surface area contributed by atoms with Crippen LogP contribution in [-0.4, -0.2) is 31.2 Å². The summed E-state index contributed by atoms with van der Waals surface area (Å²) in [5.41, 5.74) is 0.931. The zero-order valence-corrected chi connectivity index (χ0v) is 17.0. The van der Waals surface area contributed by atoms with Crippen LogP contribution in [0.2, 0.25) is 0 Å². The van der Waals surface area contributed by atoms with Gasteiger partial charge in [-0.25, -0.2) is 0 Å². The minimum atomic E-state index is -0.505. The maximum absolute atomic E-state index is 12.6. The molecule has 2 saturated carbocycles. The van der Waals surface area contributed by atoms with Gasteiger partial charge in [-0.05, 0) is 37.8 Å². The lowest BCUT2D eigenvalue weighted by molar-refractivity contribution is -0.155. The molecule has 2 bridgehead atoms. The summed E-state index contributed by atoms with van der Waals surface area (Å²) in [5, 5.41) is 10.1. The van der Waals surface area contributed by atoms with Gasteiger partial charge in [-0.1, -0.05) is 30.3 Å². The zero-order chi connectivity index (χ0) is 20.5. The number of nitriles is 1. The quantitative estimate of drug-likeness (QED) is 0.427. The van der Waals surface area contributed by atoms with Crippen LogP contribution in [0.15, 0.2) is 39.8 Å². The molecule has 0 aromatic heterocycles. The Morgan fingerprint density at radius 2 is 1.93 bits per heavy atom. The first-order valence-corrected chi connectivity index (χ1v) is 10.7. The third-order valence-corrected chi connectivity index (χ3v) is 7.31. The van der Waals surface area contributed by atoms with E-state index < -0.39 is 18.4 Å². The lowest BCUT2D eigenvalue weighted by atomic mass is 9.67. The summed E-state index contributed by atoms with van der Waals surface area (Å²) in [7, 11) is 1.81. The number of ketones is 2. The molecule has 0 N–H and O–H groups in total. The first kappa shape index (κ1) is 19.7. The molecule has 6 nitrogen and oxygen atoms in total. The number of benzene rings is 1. The Morgan fingerprint density at radius 1 is 1.24 bits per heavy atom. The van der Waals surface area contributed by atoms with Gasteiger partial charge in [0, 0.05) is 23.8 Å². The van der Waals surface area contributed by atoms with E-state index in [9.17, 15) is 19.6 Å². The van der Waals surface area contributed by atoms with Crippen molar-refractivity contribution in [3.8, 4) is 6.07 Å². The van der Waals surface area contributed by atoms with Crippen LogP contribution in [0.3, 0.4) is 0 Å². The Bertz CT molecular complexity index is 932. The highest BCUT2D eigenvalue weighted by Crippen LogP contribution is 2.46. The van der Waals surface area contributed by atoms with Crippen molar-refractivity contribution in [3.05, 3.63) is 34.9 Å². The van der Waals surface area contributed by atoms with Crippen molar-refractivity contribution >= 4 is 35.0 Å². The van der Waals surface area contributed by atoms with Gasteiger partial charge in [0.25, 0.3) is 0 Å². The van der Waals surface area contributed by atoms with E-state index in [-0.39, 0.29) is 29.1 Å². The van der Waals surface area contributed by atoms with Gasteiger partial charge in [-0.15, -0.1) is 0 Å². The molecule has 0 amide bonds. The van der Waals surface area contributed by atoms with Crippen LogP contribution in [0.5, 0.6) is 0 Å². The summed E-state index contributed by atoms with van der Waals surface area (Å²) in [6, 6.07) is 9.65. The molecule has 7 heteroatoms. The van der Waals surface area contributed by atoms with Gasteiger partial charge in [0.1, 0.15) is 22.5 Å². The molecule has 2 unspecified atom stereocenters. The number of Topliss-reactive ketones (excluding diaryl/α,β-unsaturated/α-hetero) is 2. The molecule has 2 fully saturated rings. The van der Waals surface area contributed by atoms with Gasteiger partial charge in [-0.2, -0.15) is 5.26 Å². The molecule has 2 aliphatic carbocycles. The van der Waals surface area contributed by atoms with Gasteiger partial charge < -0.3 is 9.64 Å². The molecule has 1 heterocycles. The molecule has 3 aliphatic rings. The summed E-state index contributed by atoms with van der Waals surface area (Å²) >= 11 is 1.36. The minimum absolute atomic E-state index is 0.00260. The number of hydrogen-bond acceptors (Lipinski definition) is 7. The lowest BCUT2D eigenvalue weighted by Crippen LogP contribution is -2.39. The molecule has 0 radical (unpaired) electrons. The van der Waals surface area contributed by atoms with Gasteiger partial charge in [-0.3, -0.25) is 14.4 Å². The molecule has 1 aliphatic heterocycles. The Kier molecular flexibility index (Phi) is 5.46. The molecule has 1 aromatic carbocycles. The molecule has 1 aromatic rings. The highest BCUT2D eigenvalue weighted by atomic mass is 32.2. The van der Waals surface area contributed by atoms with Gasteiger partial charge in [0.15, 0.2) is 6.61 Å². The number of nitrogens with zero attached hydrogens (tertiary/aromatic N) is 2. The first-order valence-electron chi connectivity index (χ1n) is 9.88. The molecule has 0 saturated heterocycles. The Hall–Kier alpha value is -2.59. The van der Waals surface area contributed by atoms with Crippen LogP contribution in [-0.2, 0) is 19.1 Å². The average molecular weight is 410 g/mol. The topological polar surface area (TPSA) is 87.5 Å². The predicted octanol–water partition coefficient (Wildman–Crippen LogP) is 3.47. The fraction of sp³-hybridized carbons (Fsp3) is 0.455. The number of ether oxygens (including phenoxy) is 1. The van der Waals surface area contributed by atoms with Crippen molar-refractivity contribution in [2.45, 2.75) is 37.0 Å². The zero-order valence-electron chi connectivity index (χ0n) is 16.2. The monoisotopic (exact) mass is 410 g/mol. The first-order chi connectivity index (χ1) is 14.0. The smallest absolute Gasteiger partial charge is 0.309 e. The Labute approximate surface area is 173 Å². The van der Waals surface area contributed by atoms with E-state index in [4.69, 9.17) is 4.74 Å². The van der Waals surface area contributed by atoms with Crippen molar-refractivity contribution in [2.24, 2.45) is 17.8 Å². The summed E-state index contributed by atoms with van der Waals surface area (Å²) in [5.74, 6) is -1.07. The second kappa shape index (κ2) is 8.03. The Balaban J connectivity index is 1.41. The van der Waals surface area contributed by atoms with Crippen LogP contribution in [0.1, 0.15) is 32.1 Å². The standard InChI is InChI=1S/C22H22N2O4S/c1-24-17-7-2-3-8-19(17)29-21(24)16(11-23)18(25)12-28-22(27)15-9-13-5-4-6-14(10-15)20(13)26/h2-3,7-8,13-15H,4-6,9-10,12H2,1H3. The van der Waals surface area contributed by atoms with Crippen molar-refractivity contribution in [1.29, 1.82) is 5.26 Å². The normalized spacial score (nSPS) is 27.1. The van der Waals surface area contributed by atoms with E-state index in [0.29, 0.717) is 17.9 Å². The number of para-hydroxylation sites is 1. The third-order valence-electron chi connectivity index (χ3n) is 6.07. The lowest BCUT2D eigenvalue weighted by Gasteiger charge is -2.36. The average Bonchev–Trinajstić information content (AvgIpc) is 3.03. The second-order valence-electron chi connectivity index (χ2n) is 7.85. The van der Waals surface area contributed by atoms with E-state index in [1.54, 1.807) is 0 Å². The minimum Gasteiger partial charge on any atom is -0.457 e. The molecular weight excluding hydrogens is 388 g/mol. The largest absolute Gasteiger partial charge is 0.457 e. The van der Waals surface area contributed by atoms with Crippen LogP contribution < -0.4 is 4.90 Å². The fourth-order valence-electron chi connectivity index (χ4n) is 4.55. The molecule has 2 atom stereocenters. The predicted molar refractivity (Wildman–Crippen MR) is 108 cm³/mol. The Morgan fingerprint density at radius 3 is 2.59 bits per heavy atom. The van der Waals surface area contributed by atoms with Crippen molar-refractivity contribution in [3.63, 3.8) is 0 Å². The van der Waals surface area contributed by atoms with Crippen LogP contribution in [0.25, 0.3) is 0 Å². The van der Waals surface area contributed by atoms with Crippen LogP contribution in [0.4, 0.5) is 5.69 Å². The van der Waals surface area contributed by atoms with Gasteiger partial charge >= 0.3 is 5.97 Å². The van der Waals surface area contributed by atoms with E-state index in [1.807, 2.05) is 42.3 Å². The molecular formula is C22H22N2O4S. The molecule has 4 rings (SSSR count). The molecule has 29 heavy (non-hydrogen) atoms. The number of anilines is 1. The third kappa shape index (κ3) is 3.69. The van der Waals surface area contributed by atoms with Crippen LogP contribution >= 0.6 is 11.8 Å². The van der Waals surface area contributed by atoms with Gasteiger partial charge in [0.05, 0.1) is 11.6 Å². The number of carbonyl (C=O) groups is 3. The number of hydrogen-bond donors (Lipinski definition) is 0.